The number of pyridine rings is 1. The fourth-order valence-corrected chi connectivity index (χ4v) is 2.93. The lowest BCUT2D eigenvalue weighted by molar-refractivity contribution is -0.137. The molecular weight excluding hydrogens is 365 g/mol. The van der Waals surface area contributed by atoms with Gasteiger partial charge in [-0.1, -0.05) is 29.8 Å². The van der Waals surface area contributed by atoms with Gasteiger partial charge in [0, 0.05) is 17.2 Å². The molecule has 0 N–H and O–H groups in total. The van der Waals surface area contributed by atoms with Crippen LogP contribution >= 0.6 is 11.6 Å². The first-order valence-electron chi connectivity index (χ1n) is 8.10. The Morgan fingerprint density at radius 3 is 2.15 bits per heavy atom. The molecule has 0 spiro atoms. The summed E-state index contributed by atoms with van der Waals surface area (Å²) >= 11 is 6.11. The summed E-state index contributed by atoms with van der Waals surface area (Å²) in [6, 6.07) is 6.81. The van der Waals surface area contributed by atoms with Crippen molar-refractivity contribution in [3.05, 3.63) is 47.2 Å². The summed E-state index contributed by atoms with van der Waals surface area (Å²) < 4.78 is 52.0. The quantitative estimate of drug-likeness (QED) is 0.555. The Balaban J connectivity index is 2.07. The van der Waals surface area contributed by atoms with Gasteiger partial charge in [-0.15, -0.1) is 0 Å². The van der Waals surface area contributed by atoms with Crippen LogP contribution in [0.15, 0.2) is 36.5 Å². The molecule has 3 rings (SSSR count). The first-order chi connectivity index (χ1) is 11.9. The second kappa shape index (κ2) is 6.25. The van der Waals surface area contributed by atoms with Gasteiger partial charge < -0.3 is 9.31 Å². The molecule has 8 heteroatoms. The van der Waals surface area contributed by atoms with Crippen molar-refractivity contribution in [1.82, 2.24) is 4.98 Å². The number of hydrogen-bond donors (Lipinski definition) is 0. The molecule has 1 aromatic carbocycles. The highest BCUT2D eigenvalue weighted by atomic mass is 35.5. The van der Waals surface area contributed by atoms with Gasteiger partial charge in [-0.3, -0.25) is 0 Å². The summed E-state index contributed by atoms with van der Waals surface area (Å²) in [6.45, 7) is 7.60. The largest absolute Gasteiger partial charge is 0.496 e. The summed E-state index contributed by atoms with van der Waals surface area (Å²) in [7, 11) is -0.735. The first kappa shape index (κ1) is 19.2. The Labute approximate surface area is 155 Å². The fraction of sp³-hybridized carbons (Fsp3) is 0.389. The molecule has 0 aliphatic carbocycles. The summed E-state index contributed by atoms with van der Waals surface area (Å²) in [5.74, 6) is 0. The van der Waals surface area contributed by atoms with E-state index in [4.69, 9.17) is 20.9 Å². The summed E-state index contributed by atoms with van der Waals surface area (Å²) in [5, 5.41) is -0.0121. The maximum absolute atomic E-state index is 13.4. The zero-order chi connectivity index (χ0) is 19.3. The topological polar surface area (TPSA) is 31.4 Å². The van der Waals surface area contributed by atoms with Crippen molar-refractivity contribution in [2.45, 2.75) is 45.1 Å². The van der Waals surface area contributed by atoms with Crippen molar-refractivity contribution in [1.29, 1.82) is 0 Å². The smallest absolute Gasteiger partial charge is 0.399 e. The van der Waals surface area contributed by atoms with Gasteiger partial charge in [0.25, 0.3) is 0 Å². The van der Waals surface area contributed by atoms with Gasteiger partial charge in [-0.25, -0.2) is 4.98 Å². The Morgan fingerprint density at radius 2 is 1.58 bits per heavy atom. The van der Waals surface area contributed by atoms with Crippen molar-refractivity contribution in [2.24, 2.45) is 0 Å². The van der Waals surface area contributed by atoms with Gasteiger partial charge in [-0.2, -0.15) is 13.2 Å². The average Bonchev–Trinajstić information content (AvgIpc) is 2.75. The zero-order valence-electron chi connectivity index (χ0n) is 14.8. The molecule has 0 amide bonds. The van der Waals surface area contributed by atoms with Crippen LogP contribution < -0.4 is 5.46 Å². The number of rotatable bonds is 2. The van der Waals surface area contributed by atoms with Gasteiger partial charge >= 0.3 is 13.3 Å². The Kier molecular flexibility index (Phi) is 4.62. The third-order valence-corrected chi connectivity index (χ3v) is 5.21. The van der Waals surface area contributed by atoms with Gasteiger partial charge in [0.15, 0.2) is 0 Å². The fourth-order valence-electron chi connectivity index (χ4n) is 2.73. The first-order valence-corrected chi connectivity index (χ1v) is 8.48. The lowest BCUT2D eigenvalue weighted by Crippen LogP contribution is -2.41. The molecule has 1 aromatic heterocycles. The van der Waals surface area contributed by atoms with E-state index < -0.39 is 30.1 Å². The molecule has 138 valence electrons. The predicted octanol–water partition coefficient (Wildman–Crippen LogP) is 4.72. The van der Waals surface area contributed by atoms with Crippen LogP contribution in [0.1, 0.15) is 33.3 Å². The van der Waals surface area contributed by atoms with E-state index in [0.29, 0.717) is 5.46 Å². The highest BCUT2D eigenvalue weighted by Crippen LogP contribution is 2.40. The van der Waals surface area contributed by atoms with Crippen LogP contribution in [-0.2, 0) is 15.5 Å². The maximum atomic E-state index is 13.4. The summed E-state index contributed by atoms with van der Waals surface area (Å²) in [6.07, 6.45) is -3.04. The highest BCUT2D eigenvalue weighted by molar-refractivity contribution is 6.62. The zero-order valence-corrected chi connectivity index (χ0v) is 15.6. The Morgan fingerprint density at radius 1 is 1.00 bits per heavy atom. The minimum Gasteiger partial charge on any atom is -0.399 e. The highest BCUT2D eigenvalue weighted by Gasteiger charge is 2.52. The van der Waals surface area contributed by atoms with Crippen LogP contribution in [0.4, 0.5) is 13.2 Å². The summed E-state index contributed by atoms with van der Waals surface area (Å²) in [4.78, 5) is 4.06. The number of halogens is 4. The Hall–Kier alpha value is -1.57. The van der Waals surface area contributed by atoms with Crippen LogP contribution in [0, 0.1) is 0 Å². The molecule has 1 aliphatic rings. The maximum Gasteiger partial charge on any atom is 0.496 e. The second-order valence-corrected chi connectivity index (χ2v) is 7.60. The number of hydrogen-bond acceptors (Lipinski definition) is 3. The van der Waals surface area contributed by atoms with E-state index in [1.807, 2.05) is 27.7 Å². The van der Waals surface area contributed by atoms with Gasteiger partial charge in [-0.05, 0) is 45.4 Å². The van der Waals surface area contributed by atoms with Crippen LogP contribution in [0.5, 0.6) is 0 Å². The Bertz CT molecular complexity index is 823. The molecule has 0 radical (unpaired) electrons. The number of aromatic nitrogens is 1. The number of alkyl halides is 3. The molecule has 0 saturated carbocycles. The lowest BCUT2D eigenvalue weighted by atomic mass is 9.79. The van der Waals surface area contributed by atoms with E-state index in [2.05, 4.69) is 4.98 Å². The molecule has 1 saturated heterocycles. The van der Waals surface area contributed by atoms with Crippen molar-refractivity contribution in [3.63, 3.8) is 0 Å². The molecule has 26 heavy (non-hydrogen) atoms. The minimum atomic E-state index is -4.50. The second-order valence-electron chi connectivity index (χ2n) is 7.24. The van der Waals surface area contributed by atoms with Gasteiger partial charge in [0.1, 0.15) is 5.15 Å². The average molecular weight is 384 g/mol. The van der Waals surface area contributed by atoms with Crippen LogP contribution in [-0.4, -0.2) is 23.3 Å². The van der Waals surface area contributed by atoms with Gasteiger partial charge in [0.05, 0.1) is 16.8 Å². The molecule has 2 heterocycles. The van der Waals surface area contributed by atoms with E-state index in [1.165, 1.54) is 24.4 Å². The molecular formula is C18H18BClF3NO2. The van der Waals surface area contributed by atoms with Gasteiger partial charge in [0.2, 0.25) is 0 Å². The molecule has 1 aliphatic heterocycles. The van der Waals surface area contributed by atoms with E-state index in [9.17, 15) is 13.2 Å². The minimum absolute atomic E-state index is 0.0121. The van der Waals surface area contributed by atoms with E-state index in [1.54, 1.807) is 6.07 Å². The van der Waals surface area contributed by atoms with Crippen molar-refractivity contribution in [2.75, 3.05) is 0 Å². The summed E-state index contributed by atoms with van der Waals surface area (Å²) in [5.41, 5.74) is -1.24. The third-order valence-electron chi connectivity index (χ3n) is 4.91. The molecule has 0 unspecified atom stereocenters. The van der Waals surface area contributed by atoms with E-state index in [0.717, 1.165) is 6.07 Å². The van der Waals surface area contributed by atoms with E-state index in [-0.39, 0.29) is 16.3 Å². The standard InChI is InChI=1S/C18H18BClF3NO2/c1-16(2)17(3,4)26-19(25-16)11-9-13(15(20)24-10-11)12-7-5-6-8-14(12)18(21,22)23/h5-10H,1-4H3. The van der Waals surface area contributed by atoms with Crippen LogP contribution in [0.3, 0.4) is 0 Å². The molecule has 2 aromatic rings. The van der Waals surface area contributed by atoms with Crippen molar-refractivity contribution < 1.29 is 22.5 Å². The van der Waals surface area contributed by atoms with Crippen molar-refractivity contribution >= 4 is 24.2 Å². The number of benzene rings is 1. The van der Waals surface area contributed by atoms with E-state index >= 15 is 0 Å². The normalized spacial score (nSPS) is 19.0. The van der Waals surface area contributed by atoms with Crippen molar-refractivity contribution in [3.8, 4) is 11.1 Å². The molecule has 0 atom stereocenters. The van der Waals surface area contributed by atoms with Crippen LogP contribution in [0.2, 0.25) is 5.15 Å². The third kappa shape index (κ3) is 3.35. The SMILES string of the molecule is CC1(C)OB(c2cnc(Cl)c(-c3ccccc3C(F)(F)F)c2)OC1(C)C. The predicted molar refractivity (Wildman–Crippen MR) is 95.4 cm³/mol. The monoisotopic (exact) mass is 383 g/mol. The van der Waals surface area contributed by atoms with Crippen LogP contribution in [0.25, 0.3) is 11.1 Å². The molecule has 0 bridgehead atoms. The lowest BCUT2D eigenvalue weighted by Gasteiger charge is -2.32. The molecule has 1 fully saturated rings. The number of nitrogens with zero attached hydrogens (tertiary/aromatic N) is 1. The molecule has 3 nitrogen and oxygen atoms in total.